The standard InChI is InChI=1S/C14H18Cl2N2O3/c1-17(8-14(20)21)12-6-18(7-13(12)19)5-9-4-10(15)2-3-11(9)16/h2-4,12-13,19H,5-8H2,1H3,(H,20,21)/t12-,13+/m0/s1. The molecule has 2 N–H and O–H groups in total. The van der Waals surface area contributed by atoms with Gasteiger partial charge in [-0.2, -0.15) is 0 Å². The molecule has 2 atom stereocenters. The number of aliphatic hydroxyl groups excluding tert-OH is 1. The lowest BCUT2D eigenvalue weighted by Gasteiger charge is -2.24. The maximum absolute atomic E-state index is 10.8. The molecule has 1 aromatic carbocycles. The van der Waals surface area contributed by atoms with Crippen LogP contribution in [0.15, 0.2) is 18.2 Å². The highest BCUT2D eigenvalue weighted by Gasteiger charge is 2.34. The second kappa shape index (κ2) is 6.94. The summed E-state index contributed by atoms with van der Waals surface area (Å²) in [5.74, 6) is -0.902. The van der Waals surface area contributed by atoms with Crippen LogP contribution in [0.3, 0.4) is 0 Å². The molecule has 5 nitrogen and oxygen atoms in total. The van der Waals surface area contributed by atoms with Crippen molar-refractivity contribution < 1.29 is 15.0 Å². The molecule has 1 aliphatic heterocycles. The second-order valence-electron chi connectivity index (χ2n) is 5.37. The van der Waals surface area contributed by atoms with Crippen molar-refractivity contribution in [3.63, 3.8) is 0 Å². The molecule has 0 amide bonds. The molecule has 1 heterocycles. The fraction of sp³-hybridized carbons (Fsp3) is 0.500. The highest BCUT2D eigenvalue weighted by atomic mass is 35.5. The molecular formula is C14H18Cl2N2O3. The van der Waals surface area contributed by atoms with E-state index in [1.54, 1.807) is 24.1 Å². The van der Waals surface area contributed by atoms with E-state index in [0.29, 0.717) is 29.7 Å². The van der Waals surface area contributed by atoms with Crippen molar-refractivity contribution in [1.82, 2.24) is 9.80 Å². The normalized spacial score (nSPS) is 22.9. The van der Waals surface area contributed by atoms with Gasteiger partial charge < -0.3 is 10.2 Å². The Kier molecular flexibility index (Phi) is 5.46. The van der Waals surface area contributed by atoms with Crippen LogP contribution in [-0.2, 0) is 11.3 Å². The van der Waals surface area contributed by atoms with Gasteiger partial charge in [-0.25, -0.2) is 0 Å². The second-order valence-corrected chi connectivity index (χ2v) is 6.22. The van der Waals surface area contributed by atoms with E-state index >= 15 is 0 Å². The number of halogens is 2. The Morgan fingerprint density at radius 1 is 1.43 bits per heavy atom. The summed E-state index contributed by atoms with van der Waals surface area (Å²) in [6.45, 7) is 1.56. The zero-order chi connectivity index (χ0) is 15.6. The van der Waals surface area contributed by atoms with Crippen LogP contribution in [0.2, 0.25) is 10.0 Å². The van der Waals surface area contributed by atoms with Gasteiger partial charge >= 0.3 is 5.97 Å². The first-order chi connectivity index (χ1) is 9.86. The average molecular weight is 333 g/mol. The molecule has 0 aliphatic carbocycles. The van der Waals surface area contributed by atoms with Crippen LogP contribution in [0.4, 0.5) is 0 Å². The number of carbonyl (C=O) groups is 1. The van der Waals surface area contributed by atoms with Crippen molar-refractivity contribution in [2.24, 2.45) is 0 Å². The highest BCUT2D eigenvalue weighted by Crippen LogP contribution is 2.24. The lowest BCUT2D eigenvalue weighted by Crippen LogP contribution is -2.43. The number of carboxylic acid groups (broad SMARTS) is 1. The third kappa shape index (κ3) is 4.31. The predicted molar refractivity (Wildman–Crippen MR) is 81.8 cm³/mol. The van der Waals surface area contributed by atoms with E-state index in [-0.39, 0.29) is 12.6 Å². The first-order valence-electron chi connectivity index (χ1n) is 6.63. The summed E-state index contributed by atoms with van der Waals surface area (Å²) in [5.41, 5.74) is 0.901. The maximum atomic E-state index is 10.8. The molecule has 7 heteroatoms. The summed E-state index contributed by atoms with van der Waals surface area (Å²) in [6.07, 6.45) is -0.577. The molecule has 0 unspecified atom stereocenters. The number of nitrogens with zero attached hydrogens (tertiary/aromatic N) is 2. The van der Waals surface area contributed by atoms with Crippen molar-refractivity contribution in [2.75, 3.05) is 26.7 Å². The van der Waals surface area contributed by atoms with E-state index in [0.717, 1.165) is 5.56 Å². The number of likely N-dealkylation sites (tertiary alicyclic amines) is 1. The Bertz CT molecular complexity index is 527. The Morgan fingerprint density at radius 3 is 2.81 bits per heavy atom. The molecule has 1 aromatic rings. The summed E-state index contributed by atoms with van der Waals surface area (Å²) in [6, 6.07) is 5.10. The van der Waals surface area contributed by atoms with Gasteiger partial charge in [-0.05, 0) is 30.8 Å². The van der Waals surface area contributed by atoms with Gasteiger partial charge in [0.1, 0.15) is 0 Å². The zero-order valence-electron chi connectivity index (χ0n) is 11.7. The van der Waals surface area contributed by atoms with Gasteiger partial charge in [0.05, 0.1) is 12.6 Å². The van der Waals surface area contributed by atoms with E-state index in [2.05, 4.69) is 0 Å². The number of likely N-dealkylation sites (N-methyl/N-ethyl adjacent to an activating group) is 1. The van der Waals surface area contributed by atoms with Crippen LogP contribution >= 0.6 is 23.2 Å². The number of β-amino-alcohol motifs (C(OH)–C–C–N with tert-alkyl or cyclic N) is 1. The van der Waals surface area contributed by atoms with E-state index < -0.39 is 12.1 Å². The van der Waals surface area contributed by atoms with Crippen LogP contribution in [0.1, 0.15) is 5.56 Å². The van der Waals surface area contributed by atoms with Gasteiger partial charge in [0.2, 0.25) is 0 Å². The summed E-state index contributed by atoms with van der Waals surface area (Å²) >= 11 is 12.1. The van der Waals surface area contributed by atoms with Gasteiger partial charge in [-0.15, -0.1) is 0 Å². The van der Waals surface area contributed by atoms with Crippen molar-refractivity contribution in [3.05, 3.63) is 33.8 Å². The first-order valence-corrected chi connectivity index (χ1v) is 7.39. The van der Waals surface area contributed by atoms with E-state index in [4.69, 9.17) is 28.3 Å². The predicted octanol–water partition coefficient (Wildman–Crippen LogP) is 1.55. The Hall–Kier alpha value is -0.850. The lowest BCUT2D eigenvalue weighted by atomic mass is 10.2. The van der Waals surface area contributed by atoms with Crippen LogP contribution in [0, 0.1) is 0 Å². The quantitative estimate of drug-likeness (QED) is 0.856. The van der Waals surface area contributed by atoms with Gasteiger partial charge in [0, 0.05) is 35.7 Å². The molecule has 1 saturated heterocycles. The largest absolute Gasteiger partial charge is 0.480 e. The smallest absolute Gasteiger partial charge is 0.317 e. The minimum Gasteiger partial charge on any atom is -0.480 e. The first kappa shape index (κ1) is 16.5. The third-order valence-electron chi connectivity index (χ3n) is 3.69. The van der Waals surface area contributed by atoms with E-state index in [1.807, 2.05) is 11.0 Å². The third-order valence-corrected chi connectivity index (χ3v) is 4.29. The van der Waals surface area contributed by atoms with Gasteiger partial charge in [-0.1, -0.05) is 23.2 Å². The van der Waals surface area contributed by atoms with Crippen LogP contribution in [-0.4, -0.2) is 64.8 Å². The van der Waals surface area contributed by atoms with Gasteiger partial charge in [-0.3, -0.25) is 14.6 Å². The molecule has 116 valence electrons. The van der Waals surface area contributed by atoms with Gasteiger partial charge in [0.15, 0.2) is 0 Å². The molecule has 0 spiro atoms. The number of hydrogen-bond donors (Lipinski definition) is 2. The number of aliphatic carboxylic acids is 1. The monoisotopic (exact) mass is 332 g/mol. The van der Waals surface area contributed by atoms with Crippen molar-refractivity contribution >= 4 is 29.2 Å². The number of hydrogen-bond acceptors (Lipinski definition) is 4. The Balaban J connectivity index is 2.00. The molecule has 2 rings (SSSR count). The summed E-state index contributed by atoms with van der Waals surface area (Å²) in [4.78, 5) is 14.5. The topological polar surface area (TPSA) is 64.0 Å². The molecule has 21 heavy (non-hydrogen) atoms. The van der Waals surface area contributed by atoms with Crippen LogP contribution in [0.5, 0.6) is 0 Å². The highest BCUT2D eigenvalue weighted by molar-refractivity contribution is 6.33. The zero-order valence-corrected chi connectivity index (χ0v) is 13.2. The van der Waals surface area contributed by atoms with Crippen molar-refractivity contribution in [1.29, 1.82) is 0 Å². The number of carboxylic acids is 1. The molecule has 0 aromatic heterocycles. The fourth-order valence-corrected chi connectivity index (χ4v) is 3.02. The van der Waals surface area contributed by atoms with Crippen LogP contribution < -0.4 is 0 Å². The Morgan fingerprint density at radius 2 is 2.14 bits per heavy atom. The van der Waals surface area contributed by atoms with E-state index in [1.165, 1.54) is 0 Å². The lowest BCUT2D eigenvalue weighted by molar-refractivity contribution is -0.138. The SMILES string of the molecule is CN(CC(=O)O)[C@H]1CN(Cc2cc(Cl)ccc2Cl)C[C@H]1O. The van der Waals surface area contributed by atoms with Crippen molar-refractivity contribution in [2.45, 2.75) is 18.7 Å². The fourth-order valence-electron chi connectivity index (χ4n) is 2.65. The molecule has 1 fully saturated rings. The number of rotatable bonds is 5. The minimum atomic E-state index is -0.902. The van der Waals surface area contributed by atoms with Crippen LogP contribution in [0.25, 0.3) is 0 Å². The van der Waals surface area contributed by atoms with Crippen molar-refractivity contribution in [3.8, 4) is 0 Å². The van der Waals surface area contributed by atoms with Gasteiger partial charge in [0.25, 0.3) is 0 Å². The molecule has 0 saturated carbocycles. The molecular weight excluding hydrogens is 315 g/mol. The molecule has 1 aliphatic rings. The molecule has 0 radical (unpaired) electrons. The molecule has 0 bridgehead atoms. The maximum Gasteiger partial charge on any atom is 0.317 e. The average Bonchev–Trinajstić information content (AvgIpc) is 2.74. The summed E-state index contributed by atoms with van der Waals surface area (Å²) in [7, 11) is 1.71. The summed E-state index contributed by atoms with van der Waals surface area (Å²) in [5, 5.41) is 20.2. The summed E-state index contributed by atoms with van der Waals surface area (Å²) < 4.78 is 0. The Labute approximate surface area is 133 Å². The number of aliphatic hydroxyl groups is 1. The number of benzene rings is 1. The minimum absolute atomic E-state index is 0.0898. The van der Waals surface area contributed by atoms with E-state index in [9.17, 15) is 9.90 Å².